The first-order valence-corrected chi connectivity index (χ1v) is 9.19. The maximum absolute atomic E-state index is 12.6. The average Bonchev–Trinajstić information content (AvgIpc) is 3.12. The van der Waals surface area contributed by atoms with Gasteiger partial charge in [0.2, 0.25) is 0 Å². The van der Waals surface area contributed by atoms with Gasteiger partial charge in [0.25, 0.3) is 5.56 Å². The van der Waals surface area contributed by atoms with Crippen molar-refractivity contribution in [1.82, 2.24) is 14.5 Å². The van der Waals surface area contributed by atoms with Crippen LogP contribution in [0.5, 0.6) is 0 Å². The Bertz CT molecular complexity index is 1080. The summed E-state index contributed by atoms with van der Waals surface area (Å²) < 4.78 is 1.48. The molecule has 1 N–H and O–H groups in total. The zero-order valence-electron chi connectivity index (χ0n) is 13.7. The summed E-state index contributed by atoms with van der Waals surface area (Å²) in [4.78, 5) is 45.1. The minimum absolute atomic E-state index is 0.00157. The van der Waals surface area contributed by atoms with Crippen LogP contribution in [0.2, 0.25) is 0 Å². The van der Waals surface area contributed by atoms with Crippen molar-refractivity contribution in [2.75, 3.05) is 0 Å². The Balaban J connectivity index is 1.98. The zero-order valence-corrected chi connectivity index (χ0v) is 14.6. The molecule has 0 unspecified atom stereocenters. The summed E-state index contributed by atoms with van der Waals surface area (Å²) >= 11 is 1.62. The van der Waals surface area contributed by atoms with Gasteiger partial charge < -0.3 is 0 Å². The number of Topliss-reactive ketones (excluding diaryl/α,β-unsaturated/α-hetero) is 1. The molecule has 0 bridgehead atoms. The van der Waals surface area contributed by atoms with E-state index < -0.39 is 11.2 Å². The molecule has 25 heavy (non-hydrogen) atoms. The Kier molecular flexibility index (Phi) is 3.88. The molecule has 0 aliphatic heterocycles. The zero-order chi connectivity index (χ0) is 17.6. The highest BCUT2D eigenvalue weighted by Gasteiger charge is 2.30. The van der Waals surface area contributed by atoms with Crippen LogP contribution in [-0.2, 0) is 13.0 Å². The molecule has 3 aromatic heterocycles. The number of fused-ring (bicyclic) bond motifs is 3. The lowest BCUT2D eigenvalue weighted by molar-refractivity contribution is 0.0964. The molecular formula is C18H17N3O3S. The molecule has 1 atom stereocenters. The number of pyridine rings is 1. The fraction of sp³-hybridized carbons (Fsp3) is 0.333. The van der Waals surface area contributed by atoms with Crippen LogP contribution in [0.1, 0.15) is 46.5 Å². The third kappa shape index (κ3) is 2.55. The number of carbonyl (C=O) groups excluding carboxylic acids is 1. The number of H-pyrrole nitrogens is 1. The first-order valence-electron chi connectivity index (χ1n) is 8.31. The molecule has 0 aromatic carbocycles. The highest BCUT2D eigenvalue weighted by Crippen LogP contribution is 2.36. The number of nitrogens with one attached hydrogen (secondary N) is 1. The van der Waals surface area contributed by atoms with E-state index in [9.17, 15) is 14.4 Å². The molecule has 1 aliphatic carbocycles. The molecule has 6 nitrogen and oxygen atoms in total. The fourth-order valence-electron chi connectivity index (χ4n) is 3.56. The molecular weight excluding hydrogens is 338 g/mol. The standard InChI is InChI=1S/C18H17N3O3S/c1-2-5-21-16-15(17(23)20-18(21)24)11-7-10(14-4-3-6-25-14)8-13(22)12(11)9-19-16/h3-4,6,9-10H,2,5,7-8H2,1H3,(H,20,23,24)/t10-/m1/s1. The Hall–Kier alpha value is -2.54. The van der Waals surface area contributed by atoms with E-state index >= 15 is 0 Å². The SMILES string of the molecule is CCCn1c(=O)[nH]c(=O)c2c3c(cnc21)C(=O)C[C@H](c1cccs1)C3. The van der Waals surface area contributed by atoms with Gasteiger partial charge in [-0.1, -0.05) is 13.0 Å². The van der Waals surface area contributed by atoms with Gasteiger partial charge in [-0.05, 0) is 29.9 Å². The van der Waals surface area contributed by atoms with Crippen molar-refractivity contribution in [2.24, 2.45) is 0 Å². The van der Waals surface area contributed by atoms with Crippen LogP contribution >= 0.6 is 11.3 Å². The Morgan fingerprint density at radius 2 is 2.16 bits per heavy atom. The molecule has 0 saturated heterocycles. The molecule has 0 saturated carbocycles. The van der Waals surface area contributed by atoms with Gasteiger partial charge in [-0.3, -0.25) is 19.1 Å². The lowest BCUT2D eigenvalue weighted by Gasteiger charge is -2.24. The van der Waals surface area contributed by atoms with E-state index in [1.54, 1.807) is 11.3 Å². The number of aryl methyl sites for hydroxylation is 1. The van der Waals surface area contributed by atoms with E-state index in [-0.39, 0.29) is 11.7 Å². The van der Waals surface area contributed by atoms with Gasteiger partial charge in [0.15, 0.2) is 5.78 Å². The fourth-order valence-corrected chi connectivity index (χ4v) is 4.40. The van der Waals surface area contributed by atoms with Crippen LogP contribution in [0, 0.1) is 0 Å². The van der Waals surface area contributed by atoms with Crippen molar-refractivity contribution in [3.8, 4) is 0 Å². The number of aromatic nitrogens is 3. The molecule has 3 heterocycles. The van der Waals surface area contributed by atoms with E-state index in [1.807, 2.05) is 24.4 Å². The third-order valence-corrected chi connectivity index (χ3v) is 5.73. The molecule has 0 spiro atoms. The lowest BCUT2D eigenvalue weighted by Crippen LogP contribution is -2.32. The molecule has 128 valence electrons. The summed E-state index contributed by atoms with van der Waals surface area (Å²) in [6.45, 7) is 2.43. The maximum atomic E-state index is 12.6. The molecule has 1 aliphatic rings. The molecule has 0 radical (unpaired) electrons. The summed E-state index contributed by atoms with van der Waals surface area (Å²) in [6.07, 6.45) is 3.30. The number of rotatable bonds is 3. The Labute approximate surface area is 147 Å². The second-order valence-corrected chi connectivity index (χ2v) is 7.28. The van der Waals surface area contributed by atoms with E-state index in [1.165, 1.54) is 10.8 Å². The van der Waals surface area contributed by atoms with Gasteiger partial charge >= 0.3 is 5.69 Å². The van der Waals surface area contributed by atoms with Crippen LogP contribution in [-0.4, -0.2) is 20.3 Å². The van der Waals surface area contributed by atoms with E-state index in [0.29, 0.717) is 41.5 Å². The Morgan fingerprint density at radius 3 is 2.88 bits per heavy atom. The monoisotopic (exact) mass is 355 g/mol. The number of hydrogen-bond donors (Lipinski definition) is 1. The van der Waals surface area contributed by atoms with Crippen molar-refractivity contribution in [3.05, 3.63) is 60.6 Å². The van der Waals surface area contributed by atoms with E-state index in [0.717, 1.165) is 11.3 Å². The number of ketones is 1. The van der Waals surface area contributed by atoms with Crippen LogP contribution < -0.4 is 11.2 Å². The van der Waals surface area contributed by atoms with Crippen molar-refractivity contribution < 1.29 is 4.79 Å². The highest BCUT2D eigenvalue weighted by molar-refractivity contribution is 7.10. The van der Waals surface area contributed by atoms with Gasteiger partial charge in [0.1, 0.15) is 5.65 Å². The smallest absolute Gasteiger partial charge is 0.294 e. The van der Waals surface area contributed by atoms with Crippen molar-refractivity contribution in [3.63, 3.8) is 0 Å². The minimum Gasteiger partial charge on any atom is -0.294 e. The van der Waals surface area contributed by atoms with E-state index in [4.69, 9.17) is 0 Å². The minimum atomic E-state index is -0.462. The average molecular weight is 355 g/mol. The number of carbonyl (C=O) groups is 1. The summed E-state index contributed by atoms with van der Waals surface area (Å²) in [7, 11) is 0. The van der Waals surface area contributed by atoms with Crippen LogP contribution in [0.25, 0.3) is 11.0 Å². The molecule has 0 fully saturated rings. The summed E-state index contributed by atoms with van der Waals surface area (Å²) in [6, 6.07) is 3.99. The van der Waals surface area contributed by atoms with Gasteiger partial charge in [0.05, 0.1) is 5.39 Å². The van der Waals surface area contributed by atoms with E-state index in [2.05, 4.69) is 9.97 Å². The number of aromatic amines is 1. The van der Waals surface area contributed by atoms with Crippen molar-refractivity contribution in [2.45, 2.75) is 38.6 Å². The largest absolute Gasteiger partial charge is 0.329 e. The first kappa shape index (κ1) is 16.0. The molecule has 0 amide bonds. The number of hydrogen-bond acceptors (Lipinski definition) is 5. The second-order valence-electron chi connectivity index (χ2n) is 6.30. The predicted octanol–water partition coefficient (Wildman–Crippen LogP) is 2.47. The maximum Gasteiger partial charge on any atom is 0.329 e. The molecule has 4 rings (SSSR count). The van der Waals surface area contributed by atoms with Crippen LogP contribution in [0.15, 0.2) is 33.3 Å². The van der Waals surface area contributed by atoms with Crippen LogP contribution in [0.3, 0.4) is 0 Å². The second kappa shape index (κ2) is 6.07. The topological polar surface area (TPSA) is 84.8 Å². The highest BCUT2D eigenvalue weighted by atomic mass is 32.1. The van der Waals surface area contributed by atoms with Gasteiger partial charge in [-0.15, -0.1) is 11.3 Å². The molecule has 3 aromatic rings. The normalized spacial score (nSPS) is 17.0. The number of nitrogens with zero attached hydrogens (tertiary/aromatic N) is 2. The molecule has 7 heteroatoms. The van der Waals surface area contributed by atoms with Crippen molar-refractivity contribution in [1.29, 1.82) is 0 Å². The quantitative estimate of drug-likeness (QED) is 0.782. The first-order chi connectivity index (χ1) is 12.1. The lowest BCUT2D eigenvalue weighted by atomic mass is 9.82. The Morgan fingerprint density at radius 1 is 1.32 bits per heavy atom. The van der Waals surface area contributed by atoms with Crippen molar-refractivity contribution >= 4 is 28.2 Å². The summed E-state index contributed by atoms with van der Waals surface area (Å²) in [5, 5.41) is 2.37. The van der Waals surface area contributed by atoms with Gasteiger partial charge in [-0.25, -0.2) is 9.78 Å². The van der Waals surface area contributed by atoms with Crippen LogP contribution in [0.4, 0.5) is 0 Å². The third-order valence-electron chi connectivity index (χ3n) is 4.69. The number of thiophene rings is 1. The van der Waals surface area contributed by atoms with Gasteiger partial charge in [0, 0.05) is 35.5 Å². The predicted molar refractivity (Wildman–Crippen MR) is 96.6 cm³/mol. The summed E-state index contributed by atoms with van der Waals surface area (Å²) in [5.74, 6) is 0.0678. The summed E-state index contributed by atoms with van der Waals surface area (Å²) in [5.41, 5.74) is 0.673. The van der Waals surface area contributed by atoms with Gasteiger partial charge in [-0.2, -0.15) is 0 Å².